The Labute approximate surface area is 259 Å². The highest BCUT2D eigenvalue weighted by Crippen LogP contribution is 2.40. The number of nitrogens with zero attached hydrogens (tertiary/aromatic N) is 2. The molecule has 4 aromatic rings. The molecule has 0 saturated carbocycles. The predicted octanol–water partition coefficient (Wildman–Crippen LogP) is 5.89. The number of carbonyl (C=O) groups excluding carboxylic acids is 2. The summed E-state index contributed by atoms with van der Waals surface area (Å²) in [5, 5.41) is 23.1. The monoisotopic (exact) mass is 613 g/mol. The summed E-state index contributed by atoms with van der Waals surface area (Å²) in [4.78, 5) is 24.8. The predicted molar refractivity (Wildman–Crippen MR) is 173 cm³/mol. The third-order valence-electron chi connectivity index (χ3n) is 7.09. The highest BCUT2D eigenvalue weighted by atomic mass is 35.5. The molecule has 0 unspecified atom stereocenters. The molecular weight excluding hydrogens is 573 g/mol. The first-order valence-electron chi connectivity index (χ1n) is 13.4. The number of nitrogens with two attached hydrogens (primary N) is 1. The lowest BCUT2D eigenvalue weighted by Crippen LogP contribution is -2.28. The molecule has 0 fully saturated rings. The molecule has 0 radical (unpaired) electrons. The summed E-state index contributed by atoms with van der Waals surface area (Å²) >= 11 is 0. The SMILES string of the molecule is CC(C)(C)c1cc(C(=O)Cn2c(=N)n(Cc3ccc(NCC(N)=O)cc3)c3ccccc32)cc(C(C)(C)C)c1O.Cl.Cl. The lowest BCUT2D eigenvalue weighted by molar-refractivity contribution is -0.116. The molecule has 4 rings (SSSR count). The molecule has 0 aliphatic carbocycles. The quantitative estimate of drug-likeness (QED) is 0.185. The average molecular weight is 615 g/mol. The van der Waals surface area contributed by atoms with E-state index in [0.29, 0.717) is 12.1 Å². The molecule has 0 saturated heterocycles. The van der Waals surface area contributed by atoms with Crippen LogP contribution in [0.15, 0.2) is 60.7 Å². The minimum absolute atomic E-state index is 0. The molecule has 3 aromatic carbocycles. The van der Waals surface area contributed by atoms with Crippen molar-refractivity contribution in [2.75, 3.05) is 11.9 Å². The Hall–Kier alpha value is -3.75. The summed E-state index contributed by atoms with van der Waals surface area (Å²) in [5.41, 5.74) is 10.1. The van der Waals surface area contributed by atoms with Crippen molar-refractivity contribution in [1.82, 2.24) is 9.13 Å². The van der Waals surface area contributed by atoms with E-state index in [1.54, 1.807) is 16.7 Å². The van der Waals surface area contributed by atoms with Crippen molar-refractivity contribution in [3.63, 3.8) is 0 Å². The number of aromatic nitrogens is 2. The van der Waals surface area contributed by atoms with Crippen molar-refractivity contribution in [2.45, 2.75) is 65.5 Å². The third kappa shape index (κ3) is 7.36. The minimum atomic E-state index is -0.433. The summed E-state index contributed by atoms with van der Waals surface area (Å²) in [7, 11) is 0. The number of ketones is 1. The van der Waals surface area contributed by atoms with Crippen molar-refractivity contribution < 1.29 is 14.7 Å². The molecule has 0 atom stereocenters. The maximum Gasteiger partial charge on any atom is 0.236 e. The second kappa shape index (κ2) is 13.0. The largest absolute Gasteiger partial charge is 0.507 e. The summed E-state index contributed by atoms with van der Waals surface area (Å²) in [5.74, 6) is -0.322. The van der Waals surface area contributed by atoms with Gasteiger partial charge in [0.05, 0.1) is 30.7 Å². The molecule has 5 N–H and O–H groups in total. The number of halogens is 2. The smallest absolute Gasteiger partial charge is 0.236 e. The van der Waals surface area contributed by atoms with Gasteiger partial charge < -0.3 is 25.3 Å². The van der Waals surface area contributed by atoms with Crippen molar-refractivity contribution in [3.05, 3.63) is 88.5 Å². The van der Waals surface area contributed by atoms with Gasteiger partial charge in [0, 0.05) is 22.4 Å². The first-order valence-corrected chi connectivity index (χ1v) is 13.4. The molecule has 0 spiro atoms. The lowest BCUT2D eigenvalue weighted by atomic mass is 9.78. The van der Waals surface area contributed by atoms with Gasteiger partial charge in [0.2, 0.25) is 11.5 Å². The summed E-state index contributed by atoms with van der Waals surface area (Å²) in [6.07, 6.45) is 0. The Bertz CT molecular complexity index is 1610. The van der Waals surface area contributed by atoms with Crippen LogP contribution in [0.3, 0.4) is 0 Å². The number of anilines is 1. The summed E-state index contributed by atoms with van der Waals surface area (Å²) in [6.45, 7) is 12.6. The summed E-state index contributed by atoms with van der Waals surface area (Å²) in [6, 6.07) is 18.9. The second-order valence-corrected chi connectivity index (χ2v) is 12.3. The van der Waals surface area contributed by atoms with Gasteiger partial charge in [0.15, 0.2) is 5.78 Å². The van der Waals surface area contributed by atoms with Crippen LogP contribution in [0.5, 0.6) is 5.75 Å². The number of amides is 1. The van der Waals surface area contributed by atoms with Crippen LogP contribution in [0.1, 0.15) is 68.6 Å². The van der Waals surface area contributed by atoms with Gasteiger partial charge in [-0.2, -0.15) is 0 Å². The van der Waals surface area contributed by atoms with Crippen LogP contribution in [0.2, 0.25) is 0 Å². The number of para-hydroxylation sites is 2. The van der Waals surface area contributed by atoms with Gasteiger partial charge in [0.25, 0.3) is 0 Å². The van der Waals surface area contributed by atoms with Gasteiger partial charge in [0.1, 0.15) is 5.75 Å². The number of fused-ring (bicyclic) bond motifs is 1. The van der Waals surface area contributed by atoms with Gasteiger partial charge in [-0.1, -0.05) is 65.8 Å². The van der Waals surface area contributed by atoms with Gasteiger partial charge >= 0.3 is 0 Å². The number of phenols is 1. The van der Waals surface area contributed by atoms with E-state index in [2.05, 4.69) is 5.32 Å². The molecule has 1 heterocycles. The third-order valence-corrected chi connectivity index (χ3v) is 7.09. The normalized spacial score (nSPS) is 11.5. The van der Waals surface area contributed by atoms with Crippen LogP contribution in [0.4, 0.5) is 5.69 Å². The van der Waals surface area contributed by atoms with Crippen molar-refractivity contribution in [2.24, 2.45) is 5.73 Å². The number of carbonyl (C=O) groups is 2. The lowest BCUT2D eigenvalue weighted by Gasteiger charge is -2.28. The maximum atomic E-state index is 13.8. The number of hydrogen-bond acceptors (Lipinski definition) is 5. The molecule has 0 bridgehead atoms. The van der Waals surface area contributed by atoms with Crippen LogP contribution in [-0.2, 0) is 28.7 Å². The van der Waals surface area contributed by atoms with Crippen LogP contribution < -0.4 is 16.7 Å². The molecular formula is C32H41Cl2N5O3. The number of primary amides is 1. The van der Waals surface area contributed by atoms with Gasteiger partial charge in [-0.3, -0.25) is 15.0 Å². The van der Waals surface area contributed by atoms with Crippen LogP contribution >= 0.6 is 24.8 Å². The number of aromatic hydroxyl groups is 1. The van der Waals surface area contributed by atoms with Crippen LogP contribution in [0.25, 0.3) is 11.0 Å². The fourth-order valence-corrected chi connectivity index (χ4v) is 4.89. The molecule has 226 valence electrons. The fraction of sp³-hybridized carbons (Fsp3) is 0.344. The second-order valence-electron chi connectivity index (χ2n) is 12.3. The van der Waals surface area contributed by atoms with Gasteiger partial charge in [-0.25, -0.2) is 0 Å². The molecule has 10 heteroatoms. The first-order chi connectivity index (χ1) is 18.7. The number of imidazole rings is 1. The minimum Gasteiger partial charge on any atom is -0.507 e. The average Bonchev–Trinajstić information content (AvgIpc) is 3.13. The molecule has 1 aromatic heterocycles. The number of rotatable bonds is 8. The zero-order chi connectivity index (χ0) is 29.4. The van der Waals surface area contributed by atoms with Crippen molar-refractivity contribution in [3.8, 4) is 5.75 Å². The Morgan fingerprint density at radius 1 is 0.857 bits per heavy atom. The van der Waals surface area contributed by atoms with E-state index >= 15 is 0 Å². The maximum absolute atomic E-state index is 13.8. The number of Topliss-reactive ketones (excluding diaryl/α,β-unsaturated/α-hetero) is 1. The zero-order valence-electron chi connectivity index (χ0n) is 24.9. The number of benzene rings is 3. The van der Waals surface area contributed by atoms with Crippen LogP contribution in [-0.4, -0.2) is 32.5 Å². The fourth-order valence-electron chi connectivity index (χ4n) is 4.89. The Balaban J connectivity index is 0.00000308. The Kier molecular flexibility index (Phi) is 10.7. The Morgan fingerprint density at radius 3 is 1.83 bits per heavy atom. The van der Waals surface area contributed by atoms with Gasteiger partial charge in [-0.05, 0) is 52.8 Å². The number of hydrogen-bond donors (Lipinski definition) is 4. The van der Waals surface area contributed by atoms with E-state index in [1.165, 1.54) is 0 Å². The van der Waals surface area contributed by atoms with Crippen molar-refractivity contribution in [1.29, 1.82) is 5.41 Å². The number of phenolic OH excluding ortho intramolecular Hbond substituents is 1. The number of nitrogens with one attached hydrogen (secondary N) is 2. The van der Waals surface area contributed by atoms with E-state index in [0.717, 1.165) is 33.4 Å². The molecule has 1 amide bonds. The van der Waals surface area contributed by atoms with E-state index in [1.807, 2.05) is 94.6 Å². The molecule has 8 nitrogen and oxygen atoms in total. The van der Waals surface area contributed by atoms with E-state index in [4.69, 9.17) is 11.1 Å². The van der Waals surface area contributed by atoms with Crippen molar-refractivity contribution >= 4 is 53.2 Å². The first kappa shape index (κ1) is 34.5. The molecule has 0 aliphatic heterocycles. The standard InChI is InChI=1S/C32H39N5O3.2ClH/c1-31(2,3)23-15-21(16-24(29(23)40)32(4,5)6)27(38)19-37-26-10-8-7-9-25(26)36(30(37)34)18-20-11-13-22(14-12-20)35-17-28(33)39;;/h7-16,34-35,40H,17-19H2,1-6H3,(H2,33,39);2*1H. The highest BCUT2D eigenvalue weighted by Gasteiger charge is 2.28. The summed E-state index contributed by atoms with van der Waals surface area (Å²) < 4.78 is 3.62. The van der Waals surface area contributed by atoms with Crippen LogP contribution in [0, 0.1) is 5.41 Å². The Morgan fingerprint density at radius 2 is 1.36 bits per heavy atom. The van der Waals surface area contributed by atoms with E-state index in [-0.39, 0.29) is 65.9 Å². The van der Waals surface area contributed by atoms with E-state index in [9.17, 15) is 14.7 Å². The van der Waals surface area contributed by atoms with E-state index < -0.39 is 5.91 Å². The molecule has 0 aliphatic rings. The highest BCUT2D eigenvalue weighted by molar-refractivity contribution is 5.97. The molecule has 42 heavy (non-hydrogen) atoms. The topological polar surface area (TPSA) is 126 Å². The zero-order valence-corrected chi connectivity index (χ0v) is 26.6. The van der Waals surface area contributed by atoms with Gasteiger partial charge in [-0.15, -0.1) is 24.8 Å².